The third kappa shape index (κ3) is 4.84. The smallest absolute Gasteiger partial charge is 0.339 e. The Morgan fingerprint density at radius 3 is 2.47 bits per heavy atom. The number of hydrogen-bond donors (Lipinski definition) is 0. The second-order valence-electron chi connectivity index (χ2n) is 4.43. The fraction of sp³-hybridized carbons (Fsp3) is 0.533. The number of carbonyl (C=O) groups is 1. The van der Waals surface area contributed by atoms with Crippen molar-refractivity contribution in [2.45, 2.75) is 49.7 Å². The van der Waals surface area contributed by atoms with Crippen molar-refractivity contribution in [1.82, 2.24) is 0 Å². The average molecular weight is 345 g/mol. The molecule has 2 nitrogen and oxygen atoms in total. The summed E-state index contributed by atoms with van der Waals surface area (Å²) >= 11 is 5.38. The Hall–Kier alpha value is -0.480. The number of benzene rings is 1. The molecule has 0 aromatic heterocycles. The molecule has 19 heavy (non-hydrogen) atoms. The number of hydrogen-bond acceptors (Lipinski definition) is 3. The molecule has 0 amide bonds. The Bertz CT molecular complexity index is 415. The van der Waals surface area contributed by atoms with Crippen LogP contribution in [0.5, 0.6) is 0 Å². The summed E-state index contributed by atoms with van der Waals surface area (Å²) in [7, 11) is 1.41. The van der Waals surface area contributed by atoms with E-state index in [2.05, 4.69) is 35.8 Å². The van der Waals surface area contributed by atoms with E-state index in [9.17, 15) is 4.79 Å². The van der Waals surface area contributed by atoms with E-state index in [0.29, 0.717) is 10.8 Å². The molecule has 0 bridgehead atoms. The van der Waals surface area contributed by atoms with Crippen LogP contribution in [0, 0.1) is 0 Å². The molecule has 0 N–H and O–H groups in total. The number of methoxy groups -OCH3 is 1. The van der Waals surface area contributed by atoms with Crippen molar-refractivity contribution in [3.8, 4) is 0 Å². The molecule has 4 heteroatoms. The van der Waals surface area contributed by atoms with Gasteiger partial charge < -0.3 is 4.74 Å². The number of halogens is 1. The lowest BCUT2D eigenvalue weighted by Crippen LogP contribution is -2.05. The van der Waals surface area contributed by atoms with E-state index in [0.717, 1.165) is 9.37 Å². The van der Waals surface area contributed by atoms with Gasteiger partial charge in [-0.3, -0.25) is 0 Å². The van der Waals surface area contributed by atoms with Crippen molar-refractivity contribution in [1.29, 1.82) is 0 Å². The molecule has 0 aliphatic heterocycles. The summed E-state index contributed by atoms with van der Waals surface area (Å²) in [6.45, 7) is 4.42. The van der Waals surface area contributed by atoms with E-state index in [1.807, 2.05) is 17.8 Å². The predicted molar refractivity (Wildman–Crippen MR) is 84.9 cm³/mol. The van der Waals surface area contributed by atoms with Gasteiger partial charge in [-0.2, -0.15) is 0 Å². The molecule has 0 heterocycles. The number of rotatable bonds is 7. The molecule has 0 aliphatic rings. The van der Waals surface area contributed by atoms with Gasteiger partial charge in [0.1, 0.15) is 0 Å². The fourth-order valence-corrected chi connectivity index (χ4v) is 4.10. The zero-order chi connectivity index (χ0) is 14.3. The highest BCUT2D eigenvalue weighted by Crippen LogP contribution is 2.36. The standard InChI is InChI=1S/C15H21BrO2S/c1-4-7-11(8-5-2)19-13-10-6-9-12(14(13)16)15(17)18-3/h6,9-11H,4-5,7-8H2,1-3H3. The van der Waals surface area contributed by atoms with Crippen molar-refractivity contribution in [3.05, 3.63) is 28.2 Å². The number of thioether (sulfide) groups is 1. The summed E-state index contributed by atoms with van der Waals surface area (Å²) in [5, 5.41) is 0.610. The van der Waals surface area contributed by atoms with Gasteiger partial charge in [0.25, 0.3) is 0 Å². The molecule has 1 aromatic carbocycles. The highest BCUT2D eigenvalue weighted by molar-refractivity contribution is 9.10. The minimum Gasteiger partial charge on any atom is -0.465 e. The molecule has 1 rings (SSSR count). The fourth-order valence-electron chi connectivity index (χ4n) is 1.96. The third-order valence-corrected chi connectivity index (χ3v) is 5.40. The largest absolute Gasteiger partial charge is 0.465 e. The van der Waals surface area contributed by atoms with Gasteiger partial charge >= 0.3 is 5.97 Å². The van der Waals surface area contributed by atoms with Crippen LogP contribution in [0.1, 0.15) is 49.9 Å². The van der Waals surface area contributed by atoms with Gasteiger partial charge in [-0.15, -0.1) is 11.8 Å². The Morgan fingerprint density at radius 2 is 1.95 bits per heavy atom. The Morgan fingerprint density at radius 1 is 1.32 bits per heavy atom. The maximum Gasteiger partial charge on any atom is 0.339 e. The van der Waals surface area contributed by atoms with Crippen LogP contribution in [-0.4, -0.2) is 18.3 Å². The van der Waals surface area contributed by atoms with Crippen molar-refractivity contribution in [2.24, 2.45) is 0 Å². The first-order chi connectivity index (χ1) is 9.13. The molecule has 0 saturated carbocycles. The minimum absolute atomic E-state index is 0.295. The molecule has 106 valence electrons. The first-order valence-corrected chi connectivity index (χ1v) is 8.34. The number of ether oxygens (including phenoxy) is 1. The van der Waals surface area contributed by atoms with Gasteiger partial charge in [0.05, 0.1) is 12.7 Å². The summed E-state index contributed by atoms with van der Waals surface area (Å²) in [6.07, 6.45) is 4.78. The molecular weight excluding hydrogens is 324 g/mol. The van der Waals surface area contributed by atoms with Gasteiger partial charge in [-0.1, -0.05) is 32.8 Å². The molecule has 0 fully saturated rings. The highest BCUT2D eigenvalue weighted by Gasteiger charge is 2.16. The predicted octanol–water partition coefficient (Wildman–Crippen LogP) is 5.30. The van der Waals surface area contributed by atoms with Gasteiger partial charge in [-0.25, -0.2) is 4.79 Å². The quantitative estimate of drug-likeness (QED) is 0.496. The van der Waals surface area contributed by atoms with Gasteiger partial charge in [-0.05, 0) is 40.9 Å². The minimum atomic E-state index is -0.295. The lowest BCUT2D eigenvalue weighted by molar-refractivity contribution is 0.0599. The third-order valence-electron chi connectivity index (χ3n) is 2.88. The Balaban J connectivity index is 2.91. The van der Waals surface area contributed by atoms with Gasteiger partial charge in [0.15, 0.2) is 0 Å². The second kappa shape index (κ2) is 8.64. The summed E-state index contributed by atoms with van der Waals surface area (Å²) < 4.78 is 5.64. The van der Waals surface area contributed by atoms with Crippen LogP contribution >= 0.6 is 27.7 Å². The summed E-state index contributed by atoms with van der Waals surface area (Å²) in [4.78, 5) is 12.8. The molecule has 0 spiro atoms. The van der Waals surface area contributed by atoms with E-state index in [4.69, 9.17) is 4.74 Å². The first-order valence-electron chi connectivity index (χ1n) is 6.67. The lowest BCUT2D eigenvalue weighted by Gasteiger charge is -2.16. The van der Waals surface area contributed by atoms with Crippen LogP contribution in [0.25, 0.3) is 0 Å². The van der Waals surface area contributed by atoms with Crippen LogP contribution < -0.4 is 0 Å². The molecule has 0 saturated heterocycles. The van der Waals surface area contributed by atoms with Crippen LogP contribution in [0.2, 0.25) is 0 Å². The monoisotopic (exact) mass is 344 g/mol. The van der Waals surface area contributed by atoms with E-state index < -0.39 is 0 Å². The van der Waals surface area contributed by atoms with Crippen LogP contribution in [0.3, 0.4) is 0 Å². The highest BCUT2D eigenvalue weighted by atomic mass is 79.9. The maximum atomic E-state index is 11.7. The van der Waals surface area contributed by atoms with E-state index in [1.54, 1.807) is 6.07 Å². The van der Waals surface area contributed by atoms with Crippen LogP contribution in [0.4, 0.5) is 0 Å². The summed E-state index contributed by atoms with van der Waals surface area (Å²) in [5.74, 6) is -0.295. The lowest BCUT2D eigenvalue weighted by atomic mass is 10.2. The SMILES string of the molecule is CCCC(CCC)Sc1cccc(C(=O)OC)c1Br. The van der Waals surface area contributed by atoms with Crippen LogP contribution in [0.15, 0.2) is 27.6 Å². The molecule has 0 aliphatic carbocycles. The van der Waals surface area contributed by atoms with Crippen molar-refractivity contribution < 1.29 is 9.53 Å². The summed E-state index contributed by atoms with van der Waals surface area (Å²) in [6, 6.07) is 5.75. The first kappa shape index (κ1) is 16.6. The Kier molecular flexibility index (Phi) is 7.54. The maximum absolute atomic E-state index is 11.7. The van der Waals surface area contributed by atoms with E-state index >= 15 is 0 Å². The topological polar surface area (TPSA) is 26.3 Å². The zero-order valence-electron chi connectivity index (χ0n) is 11.7. The normalized spacial score (nSPS) is 10.8. The van der Waals surface area contributed by atoms with Crippen molar-refractivity contribution >= 4 is 33.7 Å². The molecule has 0 unspecified atom stereocenters. The molecular formula is C15H21BrO2S. The molecule has 0 radical (unpaired) electrons. The summed E-state index contributed by atoms with van der Waals surface area (Å²) in [5.41, 5.74) is 0.597. The Labute approximate surface area is 128 Å². The zero-order valence-corrected chi connectivity index (χ0v) is 14.1. The van der Waals surface area contributed by atoms with Gasteiger partial charge in [0.2, 0.25) is 0 Å². The van der Waals surface area contributed by atoms with E-state index in [-0.39, 0.29) is 5.97 Å². The van der Waals surface area contributed by atoms with Crippen LogP contribution in [-0.2, 0) is 4.74 Å². The second-order valence-corrected chi connectivity index (χ2v) is 6.56. The molecule has 0 atom stereocenters. The van der Waals surface area contributed by atoms with Crippen molar-refractivity contribution in [3.63, 3.8) is 0 Å². The average Bonchev–Trinajstić information content (AvgIpc) is 2.41. The van der Waals surface area contributed by atoms with E-state index in [1.165, 1.54) is 32.8 Å². The number of esters is 1. The van der Waals surface area contributed by atoms with Crippen molar-refractivity contribution in [2.75, 3.05) is 7.11 Å². The number of carbonyl (C=O) groups excluding carboxylic acids is 1. The van der Waals surface area contributed by atoms with Gasteiger partial charge in [0, 0.05) is 14.6 Å². The molecule has 1 aromatic rings.